The monoisotopic (exact) mass is 196 g/mol. The van der Waals surface area contributed by atoms with Crippen LogP contribution in [0, 0.1) is 0 Å². The van der Waals surface area contributed by atoms with Crippen molar-refractivity contribution in [1.82, 2.24) is 0 Å². The van der Waals surface area contributed by atoms with Crippen molar-refractivity contribution in [2.75, 3.05) is 27.4 Å². The Hall–Kier alpha value is -0.385. The number of hydrogen-bond acceptors (Lipinski definition) is 3. The van der Waals surface area contributed by atoms with Crippen molar-refractivity contribution < 1.29 is 18.8 Å². The van der Waals surface area contributed by atoms with E-state index in [9.17, 15) is 0 Å². The lowest BCUT2D eigenvalue weighted by Crippen LogP contribution is -2.47. The zero-order valence-corrected chi connectivity index (χ0v) is 8.60. The average molecular weight is 196 g/mol. The summed E-state index contributed by atoms with van der Waals surface area (Å²) in [4.78, 5) is 0. The first kappa shape index (κ1) is 10.1. The van der Waals surface area contributed by atoms with Crippen molar-refractivity contribution in [1.29, 1.82) is 0 Å². The van der Waals surface area contributed by atoms with Crippen LogP contribution in [0.5, 0.6) is 0 Å². The third-order valence-corrected chi connectivity index (χ3v) is 3.07. The van der Waals surface area contributed by atoms with Gasteiger partial charge in [0.05, 0.1) is 12.6 Å². The van der Waals surface area contributed by atoms with Gasteiger partial charge in [0.25, 0.3) is 0 Å². The molecule has 2 bridgehead atoms. The smallest absolute Gasteiger partial charge is 0.198 e. The highest BCUT2D eigenvalue weighted by molar-refractivity contribution is 6.11. The van der Waals surface area contributed by atoms with E-state index < -0.39 is 5.60 Å². The van der Waals surface area contributed by atoms with E-state index in [2.05, 4.69) is 6.72 Å². The summed E-state index contributed by atoms with van der Waals surface area (Å²) in [6.07, 6.45) is -0.0463. The number of morpholine rings is 1. The Balaban J connectivity index is 2.27. The molecule has 0 N–H and O–H groups in total. The van der Waals surface area contributed by atoms with Crippen LogP contribution < -0.4 is 0 Å². The molecule has 0 aromatic heterocycles. The highest BCUT2D eigenvalue weighted by atomic mass is 16.6. The fourth-order valence-electron chi connectivity index (χ4n) is 2.63. The van der Waals surface area contributed by atoms with E-state index in [0.717, 1.165) is 0 Å². The van der Waals surface area contributed by atoms with Crippen LogP contribution >= 0.6 is 0 Å². The van der Waals surface area contributed by atoms with Crippen LogP contribution in [0.25, 0.3) is 0 Å². The first-order valence-corrected chi connectivity index (χ1v) is 4.67. The van der Waals surface area contributed by atoms with Crippen molar-refractivity contribution in [3.05, 3.63) is 0 Å². The minimum absolute atomic E-state index is 0.0372. The summed E-state index contributed by atoms with van der Waals surface area (Å²) in [5.74, 6) is 0. The normalized spacial score (nSPS) is 46.1. The molecule has 1 unspecified atom stereocenters. The third kappa shape index (κ3) is 1.16. The fraction of sp³-hybridized carbons (Fsp3) is 0.889. The molecule has 0 aromatic carbocycles. The van der Waals surface area contributed by atoms with Crippen LogP contribution in [0.2, 0.25) is 0 Å². The molecule has 2 saturated heterocycles. The van der Waals surface area contributed by atoms with E-state index in [1.807, 2.05) is 4.58 Å². The van der Waals surface area contributed by atoms with E-state index in [1.54, 1.807) is 14.2 Å². The molecule has 2 fully saturated rings. The van der Waals surface area contributed by atoms with Crippen LogP contribution in [0.15, 0.2) is 0 Å². The molecular formula is C9H15BNO3+. The number of methoxy groups -OCH3 is 2. The van der Waals surface area contributed by atoms with Gasteiger partial charge in [-0.3, -0.25) is 0 Å². The molecule has 2 radical (unpaired) electrons. The molecule has 2 rings (SSSR count). The predicted octanol–water partition coefficient (Wildman–Crippen LogP) is -0.993. The van der Waals surface area contributed by atoms with Crippen LogP contribution in [0.1, 0.15) is 0 Å². The highest BCUT2D eigenvalue weighted by Crippen LogP contribution is 2.40. The Morgan fingerprint density at radius 1 is 1.64 bits per heavy atom. The molecule has 14 heavy (non-hydrogen) atoms. The van der Waals surface area contributed by atoms with Gasteiger partial charge in [-0.1, -0.05) is 0 Å². The first-order valence-electron chi connectivity index (χ1n) is 4.67. The number of fused-ring (bicyclic) bond motifs is 2. The van der Waals surface area contributed by atoms with Crippen molar-refractivity contribution in [3.63, 3.8) is 0 Å². The van der Waals surface area contributed by atoms with Gasteiger partial charge in [0.2, 0.25) is 0 Å². The number of ether oxygens (including phenoxy) is 3. The zero-order valence-electron chi connectivity index (χ0n) is 8.60. The maximum Gasteiger partial charge on any atom is 0.198 e. The van der Waals surface area contributed by atoms with Gasteiger partial charge in [-0.15, -0.1) is 0 Å². The van der Waals surface area contributed by atoms with E-state index in [0.29, 0.717) is 13.2 Å². The van der Waals surface area contributed by atoms with Crippen molar-refractivity contribution in [2.24, 2.45) is 0 Å². The van der Waals surface area contributed by atoms with Crippen molar-refractivity contribution in [2.45, 2.75) is 23.8 Å². The minimum Gasteiger partial charge on any atom is -0.381 e. The SMILES string of the molecule is [B][C@@H]1O[C@@]2(COC)C[N+](=C)[C@H]1C2OC. The van der Waals surface area contributed by atoms with Crippen LogP contribution in [-0.2, 0) is 14.2 Å². The Morgan fingerprint density at radius 3 is 2.86 bits per heavy atom. The second-order valence-corrected chi connectivity index (χ2v) is 3.97. The molecule has 0 spiro atoms. The molecule has 0 aromatic rings. The summed E-state index contributed by atoms with van der Waals surface area (Å²) in [5, 5.41) is 0. The first-order chi connectivity index (χ1) is 6.64. The van der Waals surface area contributed by atoms with Gasteiger partial charge in [-0.2, -0.15) is 0 Å². The molecule has 5 heteroatoms. The largest absolute Gasteiger partial charge is 0.381 e. The van der Waals surface area contributed by atoms with Crippen LogP contribution in [0.3, 0.4) is 0 Å². The van der Waals surface area contributed by atoms with Gasteiger partial charge in [-0.25, -0.2) is 4.58 Å². The molecule has 2 heterocycles. The van der Waals surface area contributed by atoms with Gasteiger partial charge in [0, 0.05) is 14.2 Å². The number of nitrogens with zero attached hydrogens (tertiary/aromatic N) is 1. The maximum atomic E-state index is 5.85. The standard InChI is InChI=1S/C9H15BNO3/c1-11-4-9(5-12-2)7(13-3)6(11)8(10)14-9/h6-8H,1,4-5H2,2-3H3/q+1/t6-,7?,8+,9+/m0/s1. The molecule has 2 aliphatic rings. The summed E-state index contributed by atoms with van der Waals surface area (Å²) < 4.78 is 18.2. The van der Waals surface area contributed by atoms with Gasteiger partial charge < -0.3 is 14.2 Å². The quantitative estimate of drug-likeness (QED) is 0.428. The predicted molar refractivity (Wildman–Crippen MR) is 52.1 cm³/mol. The zero-order chi connectivity index (χ0) is 10.3. The molecular weight excluding hydrogens is 181 g/mol. The van der Waals surface area contributed by atoms with Crippen LogP contribution in [-0.4, -0.2) is 70.3 Å². The Labute approximate surface area is 85.2 Å². The lowest BCUT2D eigenvalue weighted by molar-refractivity contribution is -0.567. The Morgan fingerprint density at radius 2 is 2.36 bits per heavy atom. The lowest BCUT2D eigenvalue weighted by Gasteiger charge is -2.26. The van der Waals surface area contributed by atoms with Crippen molar-refractivity contribution in [3.8, 4) is 0 Å². The Kier molecular flexibility index (Phi) is 2.41. The third-order valence-electron chi connectivity index (χ3n) is 3.07. The van der Waals surface area contributed by atoms with E-state index in [4.69, 9.17) is 22.1 Å². The second kappa shape index (κ2) is 3.33. The van der Waals surface area contributed by atoms with Gasteiger partial charge >= 0.3 is 0 Å². The molecule has 0 amide bonds. The summed E-state index contributed by atoms with van der Waals surface area (Å²) >= 11 is 0. The molecule has 4 nitrogen and oxygen atoms in total. The molecule has 0 saturated carbocycles. The number of rotatable bonds is 3. The molecule has 0 aliphatic carbocycles. The summed E-state index contributed by atoms with van der Waals surface area (Å²) in [7, 11) is 9.17. The molecule has 2 aliphatic heterocycles. The van der Waals surface area contributed by atoms with Gasteiger partial charge in [0.15, 0.2) is 24.3 Å². The van der Waals surface area contributed by atoms with Crippen molar-refractivity contribution >= 4 is 14.6 Å². The van der Waals surface area contributed by atoms with E-state index in [-0.39, 0.29) is 18.1 Å². The van der Waals surface area contributed by atoms with Crippen LogP contribution in [0.4, 0.5) is 0 Å². The number of hydrogen-bond donors (Lipinski definition) is 0. The second-order valence-electron chi connectivity index (χ2n) is 3.97. The summed E-state index contributed by atoms with van der Waals surface area (Å²) in [6, 6.07) is -0.295. The highest BCUT2D eigenvalue weighted by Gasteiger charge is 2.66. The average Bonchev–Trinajstić information content (AvgIpc) is 2.51. The Bertz CT molecular complexity index is 260. The topological polar surface area (TPSA) is 30.7 Å². The van der Waals surface area contributed by atoms with Gasteiger partial charge in [0.1, 0.15) is 14.6 Å². The molecule has 4 atom stereocenters. The minimum atomic E-state index is -0.435. The van der Waals surface area contributed by atoms with E-state index in [1.165, 1.54) is 0 Å². The molecule has 76 valence electrons. The maximum absolute atomic E-state index is 5.85. The fourth-order valence-corrected chi connectivity index (χ4v) is 2.63. The summed E-state index contributed by atoms with van der Waals surface area (Å²) in [6.45, 7) is 5.13. The van der Waals surface area contributed by atoms with E-state index >= 15 is 0 Å². The van der Waals surface area contributed by atoms with Gasteiger partial charge in [-0.05, 0) is 0 Å². The summed E-state index contributed by atoms with van der Waals surface area (Å²) in [5.41, 5.74) is -0.435. The lowest BCUT2D eigenvalue weighted by atomic mass is 9.91.